The first-order chi connectivity index (χ1) is 7.39. The summed E-state index contributed by atoms with van der Waals surface area (Å²) >= 11 is 0. The Hall–Kier alpha value is -0.510. The van der Waals surface area contributed by atoms with Crippen LogP contribution in [0.25, 0.3) is 0 Å². The second-order valence-corrected chi connectivity index (χ2v) is 7.32. The number of sulfone groups is 1. The van der Waals surface area contributed by atoms with Gasteiger partial charge in [-0.25, -0.2) is 8.42 Å². The van der Waals surface area contributed by atoms with Crippen LogP contribution < -0.4 is 0 Å². The van der Waals surface area contributed by atoms with Crippen molar-refractivity contribution in [1.82, 2.24) is 0 Å². The summed E-state index contributed by atoms with van der Waals surface area (Å²) in [6.45, 7) is 6.74. The molecule has 1 aliphatic heterocycles. The van der Waals surface area contributed by atoms with Crippen LogP contribution in [-0.2, 0) is 14.6 Å². The Bertz CT molecular complexity index is 336. The fourth-order valence-corrected chi connectivity index (χ4v) is 3.65. The third-order valence-electron chi connectivity index (χ3n) is 3.35. The summed E-state index contributed by atoms with van der Waals surface area (Å²) in [5.74, 6) is 0.637. The van der Waals surface area contributed by atoms with E-state index in [-0.39, 0.29) is 5.41 Å². The molecule has 1 aliphatic rings. The summed E-state index contributed by atoms with van der Waals surface area (Å²) in [5, 5.41) is 0. The summed E-state index contributed by atoms with van der Waals surface area (Å²) in [4.78, 5) is 0. The molecule has 4 heteroatoms. The lowest BCUT2D eigenvalue weighted by molar-refractivity contribution is 0.0917. The molecule has 0 spiro atoms. The first kappa shape index (κ1) is 13.6. The average molecular weight is 246 g/mol. The summed E-state index contributed by atoms with van der Waals surface area (Å²) < 4.78 is 28.3. The standard InChI is InChI=1S/C12H22O3S/c1-4-12(10-15-9-11(2)3)5-7-16(13,14)8-6-12/h9H,4-8,10H2,1-3H3. The van der Waals surface area contributed by atoms with Crippen LogP contribution in [0.3, 0.4) is 0 Å². The predicted molar refractivity (Wildman–Crippen MR) is 66.0 cm³/mol. The van der Waals surface area contributed by atoms with Crippen molar-refractivity contribution in [2.24, 2.45) is 5.41 Å². The zero-order valence-electron chi connectivity index (χ0n) is 10.5. The van der Waals surface area contributed by atoms with E-state index in [1.807, 2.05) is 13.8 Å². The summed E-state index contributed by atoms with van der Waals surface area (Å²) in [6.07, 6.45) is 4.23. The highest BCUT2D eigenvalue weighted by Crippen LogP contribution is 2.36. The van der Waals surface area contributed by atoms with E-state index in [0.29, 0.717) is 18.1 Å². The average Bonchev–Trinajstić information content (AvgIpc) is 2.21. The second-order valence-electron chi connectivity index (χ2n) is 5.01. The molecule has 94 valence electrons. The van der Waals surface area contributed by atoms with Gasteiger partial charge >= 0.3 is 0 Å². The van der Waals surface area contributed by atoms with Crippen molar-refractivity contribution in [2.75, 3.05) is 18.1 Å². The lowest BCUT2D eigenvalue weighted by Gasteiger charge is -2.35. The fourth-order valence-electron chi connectivity index (χ4n) is 1.96. The number of hydrogen-bond acceptors (Lipinski definition) is 3. The van der Waals surface area contributed by atoms with E-state index in [4.69, 9.17) is 4.74 Å². The molecule has 0 saturated carbocycles. The van der Waals surface area contributed by atoms with E-state index in [2.05, 4.69) is 6.92 Å². The molecule has 0 aromatic heterocycles. The van der Waals surface area contributed by atoms with Crippen molar-refractivity contribution >= 4 is 9.84 Å². The number of rotatable bonds is 4. The molecule has 1 rings (SSSR count). The molecule has 16 heavy (non-hydrogen) atoms. The topological polar surface area (TPSA) is 43.4 Å². The fraction of sp³-hybridized carbons (Fsp3) is 0.833. The van der Waals surface area contributed by atoms with Gasteiger partial charge in [0.05, 0.1) is 24.4 Å². The molecule has 0 amide bonds. The molecule has 1 fully saturated rings. The minimum absolute atomic E-state index is 0.0667. The highest BCUT2D eigenvalue weighted by molar-refractivity contribution is 7.91. The van der Waals surface area contributed by atoms with E-state index in [1.165, 1.54) is 0 Å². The molecule has 0 unspecified atom stereocenters. The van der Waals surface area contributed by atoms with Crippen LogP contribution in [0, 0.1) is 5.41 Å². The van der Waals surface area contributed by atoms with E-state index in [0.717, 1.165) is 24.8 Å². The summed E-state index contributed by atoms with van der Waals surface area (Å²) in [7, 11) is -2.78. The van der Waals surface area contributed by atoms with Crippen LogP contribution in [0.5, 0.6) is 0 Å². The van der Waals surface area contributed by atoms with Crippen LogP contribution in [0.4, 0.5) is 0 Å². The zero-order chi connectivity index (χ0) is 12.2. The minimum atomic E-state index is -2.78. The summed E-state index contributed by atoms with van der Waals surface area (Å²) in [5.41, 5.74) is 1.20. The van der Waals surface area contributed by atoms with Crippen LogP contribution >= 0.6 is 0 Å². The Morgan fingerprint density at radius 2 is 1.88 bits per heavy atom. The molecule has 1 heterocycles. The zero-order valence-corrected chi connectivity index (χ0v) is 11.3. The van der Waals surface area contributed by atoms with Gasteiger partial charge in [0.25, 0.3) is 0 Å². The van der Waals surface area contributed by atoms with E-state index < -0.39 is 9.84 Å². The Kier molecular flexibility index (Phi) is 4.42. The molecule has 0 aliphatic carbocycles. The monoisotopic (exact) mass is 246 g/mol. The number of ether oxygens (including phenoxy) is 1. The third-order valence-corrected chi connectivity index (χ3v) is 5.00. The normalized spacial score (nSPS) is 22.4. The van der Waals surface area contributed by atoms with Crippen LogP contribution in [0.15, 0.2) is 11.8 Å². The Morgan fingerprint density at radius 1 is 1.31 bits per heavy atom. The van der Waals surface area contributed by atoms with Crippen molar-refractivity contribution in [3.8, 4) is 0 Å². The smallest absolute Gasteiger partial charge is 0.150 e. The van der Waals surface area contributed by atoms with Crippen LogP contribution in [0.2, 0.25) is 0 Å². The lowest BCUT2D eigenvalue weighted by Crippen LogP contribution is -2.36. The van der Waals surface area contributed by atoms with Gasteiger partial charge in [-0.3, -0.25) is 0 Å². The number of allylic oxidation sites excluding steroid dienone is 1. The largest absolute Gasteiger partial charge is 0.501 e. The van der Waals surface area contributed by atoms with Crippen molar-refractivity contribution in [3.63, 3.8) is 0 Å². The van der Waals surface area contributed by atoms with E-state index in [1.54, 1.807) is 6.26 Å². The predicted octanol–water partition coefficient (Wildman–Crippen LogP) is 2.53. The molecule has 0 bridgehead atoms. The SMILES string of the molecule is CCC1(COC=C(C)C)CCS(=O)(=O)CC1. The van der Waals surface area contributed by atoms with Gasteiger partial charge in [0.1, 0.15) is 9.84 Å². The molecular weight excluding hydrogens is 224 g/mol. The molecule has 0 N–H and O–H groups in total. The van der Waals surface area contributed by atoms with Gasteiger partial charge in [0, 0.05) is 5.41 Å². The van der Waals surface area contributed by atoms with Gasteiger partial charge in [-0.05, 0) is 38.7 Å². The van der Waals surface area contributed by atoms with Gasteiger partial charge in [-0.1, -0.05) is 6.92 Å². The van der Waals surface area contributed by atoms with Crippen LogP contribution in [-0.4, -0.2) is 26.5 Å². The first-order valence-electron chi connectivity index (χ1n) is 5.85. The van der Waals surface area contributed by atoms with E-state index >= 15 is 0 Å². The molecule has 0 aromatic carbocycles. The minimum Gasteiger partial charge on any atom is -0.501 e. The molecular formula is C12H22O3S. The summed E-state index contributed by atoms with van der Waals surface area (Å²) in [6, 6.07) is 0. The number of hydrogen-bond donors (Lipinski definition) is 0. The Labute approximate surface area is 98.8 Å². The van der Waals surface area contributed by atoms with Crippen molar-refractivity contribution in [3.05, 3.63) is 11.8 Å². The van der Waals surface area contributed by atoms with Gasteiger partial charge < -0.3 is 4.74 Å². The highest BCUT2D eigenvalue weighted by Gasteiger charge is 2.36. The maximum absolute atomic E-state index is 11.4. The van der Waals surface area contributed by atoms with Crippen molar-refractivity contribution < 1.29 is 13.2 Å². The van der Waals surface area contributed by atoms with Gasteiger partial charge in [-0.15, -0.1) is 0 Å². The Balaban J connectivity index is 2.56. The molecule has 0 atom stereocenters. The maximum Gasteiger partial charge on any atom is 0.150 e. The second kappa shape index (κ2) is 5.21. The Morgan fingerprint density at radius 3 is 2.31 bits per heavy atom. The molecule has 0 aromatic rings. The van der Waals surface area contributed by atoms with Crippen LogP contribution in [0.1, 0.15) is 40.0 Å². The molecule has 1 saturated heterocycles. The van der Waals surface area contributed by atoms with Gasteiger partial charge in [0.2, 0.25) is 0 Å². The highest BCUT2D eigenvalue weighted by atomic mass is 32.2. The van der Waals surface area contributed by atoms with E-state index in [9.17, 15) is 8.42 Å². The lowest BCUT2D eigenvalue weighted by atomic mass is 9.80. The maximum atomic E-state index is 11.4. The van der Waals surface area contributed by atoms with Gasteiger partial charge in [-0.2, -0.15) is 0 Å². The van der Waals surface area contributed by atoms with Gasteiger partial charge in [0.15, 0.2) is 0 Å². The third kappa shape index (κ3) is 3.81. The van der Waals surface area contributed by atoms with Crippen molar-refractivity contribution in [2.45, 2.75) is 40.0 Å². The molecule has 3 nitrogen and oxygen atoms in total. The quantitative estimate of drug-likeness (QED) is 0.716. The molecule has 0 radical (unpaired) electrons. The van der Waals surface area contributed by atoms with Crippen molar-refractivity contribution in [1.29, 1.82) is 0 Å². The first-order valence-corrected chi connectivity index (χ1v) is 7.67.